The molecule has 0 aliphatic rings. The van der Waals surface area contributed by atoms with Crippen molar-refractivity contribution in [1.29, 1.82) is 0 Å². The second-order valence-electron chi connectivity index (χ2n) is 2.51. The van der Waals surface area contributed by atoms with E-state index in [-0.39, 0.29) is 0 Å². The van der Waals surface area contributed by atoms with Crippen molar-refractivity contribution in [1.82, 2.24) is 0 Å². The van der Waals surface area contributed by atoms with Crippen LogP contribution in [0.25, 0.3) is 0 Å². The molecule has 0 saturated heterocycles. The van der Waals surface area contributed by atoms with Crippen LogP contribution in [0.1, 0.15) is 4.88 Å². The van der Waals surface area contributed by atoms with E-state index in [9.17, 15) is 0 Å². The number of thiophene rings is 1. The molecule has 0 spiro atoms. The van der Waals surface area contributed by atoms with Crippen LogP contribution in [0.15, 0.2) is 6.07 Å². The maximum atomic E-state index is 5.71. The maximum Gasteiger partial charge on any atom is 0.114 e. The van der Waals surface area contributed by atoms with Crippen LogP contribution < -0.4 is 10.6 Å². The van der Waals surface area contributed by atoms with Crippen molar-refractivity contribution in [2.45, 2.75) is 6.92 Å². The van der Waals surface area contributed by atoms with Gasteiger partial charge in [-0.05, 0) is 13.0 Å². The standard InChI is InChI=1S/C7H12N2S/c1-5-4-6(8)7(10-5)9(2)3/h4H,8H2,1-3H3. The zero-order valence-corrected chi connectivity index (χ0v) is 7.33. The number of hydrogen-bond acceptors (Lipinski definition) is 3. The first kappa shape index (κ1) is 7.41. The Labute approximate surface area is 65.3 Å². The molecule has 3 heteroatoms. The molecule has 10 heavy (non-hydrogen) atoms. The number of anilines is 2. The monoisotopic (exact) mass is 156 g/mol. The van der Waals surface area contributed by atoms with Crippen LogP contribution in [-0.2, 0) is 0 Å². The molecule has 1 heterocycles. The average Bonchev–Trinajstić information content (AvgIpc) is 2.10. The summed E-state index contributed by atoms with van der Waals surface area (Å²) in [6.07, 6.45) is 0. The minimum atomic E-state index is 0.882. The molecule has 0 amide bonds. The van der Waals surface area contributed by atoms with Crippen molar-refractivity contribution in [2.75, 3.05) is 24.7 Å². The van der Waals surface area contributed by atoms with Crippen molar-refractivity contribution in [3.05, 3.63) is 10.9 Å². The van der Waals surface area contributed by atoms with Gasteiger partial charge in [-0.15, -0.1) is 11.3 Å². The number of nitrogen functional groups attached to an aromatic ring is 1. The van der Waals surface area contributed by atoms with Gasteiger partial charge in [0, 0.05) is 19.0 Å². The summed E-state index contributed by atoms with van der Waals surface area (Å²) in [5.74, 6) is 0. The summed E-state index contributed by atoms with van der Waals surface area (Å²) in [6, 6.07) is 2.00. The number of nitrogens with zero attached hydrogens (tertiary/aromatic N) is 1. The second kappa shape index (κ2) is 2.50. The molecule has 1 aromatic rings. The highest BCUT2D eigenvalue weighted by Crippen LogP contribution is 2.31. The van der Waals surface area contributed by atoms with Gasteiger partial charge in [-0.25, -0.2) is 0 Å². The fourth-order valence-electron chi connectivity index (χ4n) is 0.871. The minimum absolute atomic E-state index is 0.882. The summed E-state index contributed by atoms with van der Waals surface area (Å²) in [5, 5.41) is 1.15. The zero-order chi connectivity index (χ0) is 7.72. The molecule has 0 saturated carbocycles. The summed E-state index contributed by atoms with van der Waals surface area (Å²) >= 11 is 1.72. The molecule has 1 rings (SSSR count). The van der Waals surface area contributed by atoms with Gasteiger partial charge in [-0.1, -0.05) is 0 Å². The Kier molecular flexibility index (Phi) is 1.85. The molecular weight excluding hydrogens is 144 g/mol. The lowest BCUT2D eigenvalue weighted by Crippen LogP contribution is -2.08. The summed E-state index contributed by atoms with van der Waals surface area (Å²) in [7, 11) is 4.00. The number of hydrogen-bond donors (Lipinski definition) is 1. The minimum Gasteiger partial charge on any atom is -0.396 e. The van der Waals surface area contributed by atoms with Gasteiger partial charge < -0.3 is 10.6 Å². The van der Waals surface area contributed by atoms with Crippen LogP contribution >= 0.6 is 11.3 Å². The van der Waals surface area contributed by atoms with Crippen molar-refractivity contribution < 1.29 is 0 Å². The molecule has 2 nitrogen and oxygen atoms in total. The van der Waals surface area contributed by atoms with Crippen molar-refractivity contribution in [3.8, 4) is 0 Å². The van der Waals surface area contributed by atoms with Crippen LogP contribution in [0.3, 0.4) is 0 Å². The van der Waals surface area contributed by atoms with Gasteiger partial charge in [0.1, 0.15) is 5.00 Å². The fraction of sp³-hybridized carbons (Fsp3) is 0.429. The molecule has 0 bridgehead atoms. The van der Waals surface area contributed by atoms with E-state index in [2.05, 4.69) is 6.92 Å². The number of nitrogens with two attached hydrogens (primary N) is 1. The Balaban J connectivity index is 3.03. The van der Waals surface area contributed by atoms with Crippen LogP contribution in [0.5, 0.6) is 0 Å². The predicted octanol–water partition coefficient (Wildman–Crippen LogP) is 1.70. The van der Waals surface area contributed by atoms with E-state index in [0.717, 1.165) is 10.7 Å². The summed E-state index contributed by atoms with van der Waals surface area (Å²) in [5.41, 5.74) is 6.59. The topological polar surface area (TPSA) is 29.3 Å². The third-order valence-electron chi connectivity index (χ3n) is 1.27. The highest BCUT2D eigenvalue weighted by molar-refractivity contribution is 7.16. The van der Waals surface area contributed by atoms with Gasteiger partial charge in [0.05, 0.1) is 5.69 Å². The van der Waals surface area contributed by atoms with E-state index >= 15 is 0 Å². The smallest absolute Gasteiger partial charge is 0.114 e. The van der Waals surface area contributed by atoms with Gasteiger partial charge >= 0.3 is 0 Å². The highest BCUT2D eigenvalue weighted by atomic mass is 32.1. The SMILES string of the molecule is Cc1cc(N)c(N(C)C)s1. The number of aryl methyl sites for hydroxylation is 1. The Hall–Kier alpha value is -0.700. The number of rotatable bonds is 1. The third kappa shape index (κ3) is 1.24. The zero-order valence-electron chi connectivity index (χ0n) is 6.51. The van der Waals surface area contributed by atoms with E-state index in [4.69, 9.17) is 5.73 Å². The predicted molar refractivity (Wildman–Crippen MR) is 47.8 cm³/mol. The molecule has 2 N–H and O–H groups in total. The first-order valence-electron chi connectivity index (χ1n) is 3.14. The molecule has 0 fully saturated rings. The van der Waals surface area contributed by atoms with Crippen LogP contribution in [-0.4, -0.2) is 14.1 Å². The third-order valence-corrected chi connectivity index (χ3v) is 2.50. The van der Waals surface area contributed by atoms with Crippen LogP contribution in [0.4, 0.5) is 10.7 Å². The highest BCUT2D eigenvalue weighted by Gasteiger charge is 2.03. The van der Waals surface area contributed by atoms with Gasteiger partial charge in [-0.3, -0.25) is 0 Å². The lowest BCUT2D eigenvalue weighted by Gasteiger charge is -2.09. The molecule has 0 radical (unpaired) electrons. The van der Waals surface area contributed by atoms with Crippen molar-refractivity contribution in [2.24, 2.45) is 0 Å². The van der Waals surface area contributed by atoms with Gasteiger partial charge in [0.25, 0.3) is 0 Å². The molecule has 0 aliphatic heterocycles. The molecule has 0 aromatic carbocycles. The molecule has 0 aliphatic carbocycles. The Morgan fingerprint density at radius 3 is 2.30 bits per heavy atom. The molecule has 56 valence electrons. The molecule has 0 atom stereocenters. The summed E-state index contributed by atoms with van der Waals surface area (Å²) < 4.78 is 0. The first-order valence-corrected chi connectivity index (χ1v) is 3.96. The van der Waals surface area contributed by atoms with Crippen LogP contribution in [0, 0.1) is 6.92 Å². The first-order chi connectivity index (χ1) is 4.61. The average molecular weight is 156 g/mol. The van der Waals surface area contributed by atoms with E-state index in [1.165, 1.54) is 4.88 Å². The Bertz CT molecular complexity index is 228. The molecular formula is C7H12N2S. The van der Waals surface area contributed by atoms with Crippen LogP contribution in [0.2, 0.25) is 0 Å². The summed E-state index contributed by atoms with van der Waals surface area (Å²) in [6.45, 7) is 2.06. The van der Waals surface area contributed by atoms with Crippen molar-refractivity contribution >= 4 is 22.0 Å². The largest absolute Gasteiger partial charge is 0.396 e. The van der Waals surface area contributed by atoms with Crippen molar-refractivity contribution in [3.63, 3.8) is 0 Å². The normalized spacial score (nSPS) is 9.90. The van der Waals surface area contributed by atoms with Gasteiger partial charge in [0.15, 0.2) is 0 Å². The molecule has 1 aromatic heterocycles. The van der Waals surface area contributed by atoms with Gasteiger partial charge in [-0.2, -0.15) is 0 Å². The Morgan fingerprint density at radius 1 is 1.50 bits per heavy atom. The fourth-order valence-corrected chi connectivity index (χ4v) is 1.72. The van der Waals surface area contributed by atoms with E-state index in [0.29, 0.717) is 0 Å². The maximum absolute atomic E-state index is 5.71. The quantitative estimate of drug-likeness (QED) is 0.670. The molecule has 0 unspecified atom stereocenters. The lowest BCUT2D eigenvalue weighted by atomic mass is 10.4. The summed E-state index contributed by atoms with van der Waals surface area (Å²) in [4.78, 5) is 3.30. The van der Waals surface area contributed by atoms with E-state index < -0.39 is 0 Å². The Morgan fingerprint density at radius 2 is 2.10 bits per heavy atom. The van der Waals surface area contributed by atoms with E-state index in [1.54, 1.807) is 11.3 Å². The lowest BCUT2D eigenvalue weighted by molar-refractivity contribution is 1.16. The second-order valence-corrected chi connectivity index (χ2v) is 3.75. The van der Waals surface area contributed by atoms with E-state index in [1.807, 2.05) is 25.1 Å². The van der Waals surface area contributed by atoms with Gasteiger partial charge in [0.2, 0.25) is 0 Å².